The van der Waals surface area contributed by atoms with Gasteiger partial charge in [0, 0.05) is 17.5 Å². The van der Waals surface area contributed by atoms with E-state index in [-0.39, 0.29) is 5.91 Å². The molecule has 1 aromatic heterocycles. The lowest BCUT2D eigenvalue weighted by Crippen LogP contribution is -2.33. The summed E-state index contributed by atoms with van der Waals surface area (Å²) < 4.78 is 0. The lowest BCUT2D eigenvalue weighted by atomic mass is 10.1. The van der Waals surface area contributed by atoms with E-state index in [9.17, 15) is 4.79 Å². The summed E-state index contributed by atoms with van der Waals surface area (Å²) >= 11 is 1.56. The van der Waals surface area contributed by atoms with E-state index >= 15 is 0 Å². The fourth-order valence-corrected chi connectivity index (χ4v) is 2.82. The molecule has 0 aliphatic carbocycles. The van der Waals surface area contributed by atoms with Gasteiger partial charge < -0.3 is 10.2 Å². The Morgan fingerprint density at radius 2 is 2.18 bits per heavy atom. The largest absolute Gasteiger partial charge is 0.352 e. The summed E-state index contributed by atoms with van der Waals surface area (Å²) in [6, 6.07) is 1.87. The van der Waals surface area contributed by atoms with E-state index in [0.717, 1.165) is 25.1 Å². The number of carbonyl (C=O) groups is 1. The van der Waals surface area contributed by atoms with Gasteiger partial charge in [0.25, 0.3) is 5.91 Å². The molecule has 0 aromatic carbocycles. The van der Waals surface area contributed by atoms with Gasteiger partial charge in [-0.25, -0.2) is 0 Å². The molecule has 1 aliphatic heterocycles. The first-order valence-electron chi connectivity index (χ1n) is 6.39. The van der Waals surface area contributed by atoms with Gasteiger partial charge in [0.1, 0.15) is 0 Å². The number of nitrogens with zero attached hydrogens (tertiary/aromatic N) is 1. The number of likely N-dealkylation sites (tertiary alicyclic amines) is 1. The van der Waals surface area contributed by atoms with Crippen LogP contribution in [-0.4, -0.2) is 37.0 Å². The van der Waals surface area contributed by atoms with E-state index in [1.54, 1.807) is 11.3 Å². The highest BCUT2D eigenvalue weighted by Gasteiger charge is 2.09. The van der Waals surface area contributed by atoms with E-state index in [0.29, 0.717) is 0 Å². The Morgan fingerprint density at radius 3 is 2.88 bits per heavy atom. The molecule has 1 aliphatic rings. The lowest BCUT2D eigenvalue weighted by Gasteiger charge is -2.26. The highest BCUT2D eigenvalue weighted by molar-refractivity contribution is 7.08. The third kappa shape index (κ3) is 4.13. The Balaban J connectivity index is 1.58. The van der Waals surface area contributed by atoms with Crippen LogP contribution in [0.3, 0.4) is 0 Å². The summed E-state index contributed by atoms with van der Waals surface area (Å²) in [5.74, 6) is 0.0601. The van der Waals surface area contributed by atoms with Crippen molar-refractivity contribution in [3.8, 4) is 0 Å². The normalized spacial score (nSPS) is 16.9. The Bertz CT molecular complexity index is 331. The molecule has 1 saturated heterocycles. The van der Waals surface area contributed by atoms with Gasteiger partial charge in [-0.15, -0.1) is 0 Å². The summed E-state index contributed by atoms with van der Waals surface area (Å²) in [7, 11) is 0. The standard InChI is InChI=1S/C13H20N2OS/c16-13(12-5-10-17-11-12)14-6-4-9-15-7-2-1-3-8-15/h5,10-11H,1-4,6-9H2,(H,14,16). The first-order chi connectivity index (χ1) is 8.36. The van der Waals surface area contributed by atoms with Crippen LogP contribution in [0.2, 0.25) is 0 Å². The monoisotopic (exact) mass is 252 g/mol. The van der Waals surface area contributed by atoms with Crippen LogP contribution in [0.4, 0.5) is 0 Å². The molecule has 2 heterocycles. The molecule has 17 heavy (non-hydrogen) atoms. The Hall–Kier alpha value is -0.870. The SMILES string of the molecule is O=C(NCCCN1CCCCC1)c1ccsc1. The molecule has 0 atom stereocenters. The third-order valence-corrected chi connectivity index (χ3v) is 3.85. The van der Waals surface area contributed by atoms with Crippen LogP contribution in [0, 0.1) is 0 Å². The van der Waals surface area contributed by atoms with Crippen LogP contribution in [0.25, 0.3) is 0 Å². The fourth-order valence-electron chi connectivity index (χ4n) is 2.18. The molecule has 1 N–H and O–H groups in total. The summed E-state index contributed by atoms with van der Waals surface area (Å²) in [4.78, 5) is 14.1. The third-order valence-electron chi connectivity index (χ3n) is 3.17. The van der Waals surface area contributed by atoms with Crippen LogP contribution in [0.1, 0.15) is 36.0 Å². The van der Waals surface area contributed by atoms with Crippen molar-refractivity contribution in [2.24, 2.45) is 0 Å². The molecule has 1 aromatic rings. The molecule has 0 spiro atoms. The number of amides is 1. The summed E-state index contributed by atoms with van der Waals surface area (Å²) in [6.07, 6.45) is 5.10. The molecule has 4 heteroatoms. The molecule has 0 saturated carbocycles. The van der Waals surface area contributed by atoms with Crippen LogP contribution in [0.5, 0.6) is 0 Å². The molecule has 94 valence electrons. The molecule has 0 unspecified atom stereocenters. The summed E-state index contributed by atoms with van der Waals surface area (Å²) in [5.41, 5.74) is 0.785. The van der Waals surface area contributed by atoms with Crippen LogP contribution < -0.4 is 5.32 Å². The smallest absolute Gasteiger partial charge is 0.252 e. The molecule has 3 nitrogen and oxygen atoms in total. The van der Waals surface area contributed by atoms with Gasteiger partial charge in [-0.3, -0.25) is 4.79 Å². The van der Waals surface area contributed by atoms with Crippen molar-refractivity contribution in [1.82, 2.24) is 10.2 Å². The highest BCUT2D eigenvalue weighted by Crippen LogP contribution is 2.08. The molecule has 2 rings (SSSR count). The number of rotatable bonds is 5. The van der Waals surface area contributed by atoms with Crippen LogP contribution in [0.15, 0.2) is 16.8 Å². The maximum absolute atomic E-state index is 11.6. The lowest BCUT2D eigenvalue weighted by molar-refractivity contribution is 0.0951. The van der Waals surface area contributed by atoms with Crippen LogP contribution >= 0.6 is 11.3 Å². The molecule has 1 fully saturated rings. The average molecular weight is 252 g/mol. The van der Waals surface area contributed by atoms with Gasteiger partial charge in [-0.05, 0) is 50.3 Å². The van der Waals surface area contributed by atoms with Crippen molar-refractivity contribution < 1.29 is 4.79 Å². The van der Waals surface area contributed by atoms with Crippen molar-refractivity contribution in [3.05, 3.63) is 22.4 Å². The zero-order valence-corrected chi connectivity index (χ0v) is 11.0. The van der Waals surface area contributed by atoms with E-state index in [2.05, 4.69) is 10.2 Å². The Labute approximate surface area is 107 Å². The molecule has 0 bridgehead atoms. The van der Waals surface area contributed by atoms with E-state index in [4.69, 9.17) is 0 Å². The van der Waals surface area contributed by atoms with Crippen molar-refractivity contribution in [3.63, 3.8) is 0 Å². The second kappa shape index (κ2) is 6.77. The van der Waals surface area contributed by atoms with Gasteiger partial charge in [0.05, 0.1) is 0 Å². The number of carbonyl (C=O) groups excluding carboxylic acids is 1. The van der Waals surface area contributed by atoms with Crippen molar-refractivity contribution in [2.45, 2.75) is 25.7 Å². The second-order valence-corrected chi connectivity index (χ2v) is 5.30. The zero-order valence-electron chi connectivity index (χ0n) is 10.2. The molecule has 0 radical (unpaired) electrons. The first kappa shape index (κ1) is 12.6. The molecular weight excluding hydrogens is 232 g/mol. The number of piperidine rings is 1. The molecule has 1 amide bonds. The second-order valence-electron chi connectivity index (χ2n) is 4.52. The maximum atomic E-state index is 11.6. The topological polar surface area (TPSA) is 32.3 Å². The number of thiophene rings is 1. The highest BCUT2D eigenvalue weighted by atomic mass is 32.1. The van der Waals surface area contributed by atoms with E-state index in [1.807, 2.05) is 16.8 Å². The maximum Gasteiger partial charge on any atom is 0.252 e. The fraction of sp³-hybridized carbons (Fsp3) is 0.615. The quantitative estimate of drug-likeness (QED) is 0.816. The van der Waals surface area contributed by atoms with Gasteiger partial charge in [-0.1, -0.05) is 6.42 Å². The van der Waals surface area contributed by atoms with Gasteiger partial charge in [-0.2, -0.15) is 11.3 Å². The minimum absolute atomic E-state index is 0.0601. The predicted molar refractivity (Wildman–Crippen MR) is 71.6 cm³/mol. The Morgan fingerprint density at radius 1 is 1.35 bits per heavy atom. The number of hydrogen-bond acceptors (Lipinski definition) is 3. The van der Waals surface area contributed by atoms with Gasteiger partial charge >= 0.3 is 0 Å². The van der Waals surface area contributed by atoms with Crippen molar-refractivity contribution in [2.75, 3.05) is 26.2 Å². The summed E-state index contributed by atoms with van der Waals surface area (Å²) in [6.45, 7) is 4.37. The van der Waals surface area contributed by atoms with Crippen molar-refractivity contribution in [1.29, 1.82) is 0 Å². The first-order valence-corrected chi connectivity index (χ1v) is 7.33. The zero-order chi connectivity index (χ0) is 11.9. The minimum Gasteiger partial charge on any atom is -0.352 e. The number of nitrogens with one attached hydrogen (secondary N) is 1. The van der Waals surface area contributed by atoms with Crippen molar-refractivity contribution >= 4 is 17.2 Å². The predicted octanol–water partition coefficient (Wildman–Crippen LogP) is 2.35. The van der Waals surface area contributed by atoms with E-state index in [1.165, 1.54) is 32.4 Å². The van der Waals surface area contributed by atoms with Gasteiger partial charge in [0.15, 0.2) is 0 Å². The summed E-state index contributed by atoms with van der Waals surface area (Å²) in [5, 5.41) is 6.79. The molecular formula is C13H20N2OS. The Kier molecular flexibility index (Phi) is 5.01. The average Bonchev–Trinajstić information content (AvgIpc) is 2.89. The van der Waals surface area contributed by atoms with E-state index < -0.39 is 0 Å². The minimum atomic E-state index is 0.0601. The number of hydrogen-bond donors (Lipinski definition) is 1. The van der Waals surface area contributed by atoms with Gasteiger partial charge in [0.2, 0.25) is 0 Å². The van der Waals surface area contributed by atoms with Crippen LogP contribution in [-0.2, 0) is 0 Å².